The lowest BCUT2D eigenvalue weighted by Gasteiger charge is -2.20. The zero-order valence-electron chi connectivity index (χ0n) is 17.3. The highest BCUT2D eigenvalue weighted by Crippen LogP contribution is 2.32. The van der Waals surface area contributed by atoms with E-state index >= 15 is 0 Å². The number of anilines is 1. The average molecular weight is 437 g/mol. The first-order valence-electron chi connectivity index (χ1n) is 9.82. The number of hydrogen-bond acceptors (Lipinski definition) is 5. The highest BCUT2D eigenvalue weighted by atomic mass is 32.2. The molecule has 2 aromatic carbocycles. The molecule has 0 fully saturated rings. The van der Waals surface area contributed by atoms with Crippen LogP contribution in [0.15, 0.2) is 59.8 Å². The SMILES string of the molecule is CSc1ccc(CC(=O)N(CCn2cccn2)c2nc3c(C)cc(C)cc3s2)cc1. The van der Waals surface area contributed by atoms with Crippen molar-refractivity contribution in [2.75, 3.05) is 17.7 Å². The maximum atomic E-state index is 13.3. The number of aromatic nitrogens is 3. The van der Waals surface area contributed by atoms with E-state index in [4.69, 9.17) is 4.98 Å². The molecule has 154 valence electrons. The molecule has 0 spiro atoms. The van der Waals surface area contributed by atoms with Crippen molar-refractivity contribution in [3.8, 4) is 0 Å². The lowest BCUT2D eigenvalue weighted by Crippen LogP contribution is -2.35. The van der Waals surface area contributed by atoms with E-state index in [0.29, 0.717) is 19.5 Å². The molecule has 0 atom stereocenters. The van der Waals surface area contributed by atoms with E-state index in [-0.39, 0.29) is 5.91 Å². The van der Waals surface area contributed by atoms with Crippen LogP contribution in [-0.2, 0) is 17.8 Å². The predicted molar refractivity (Wildman–Crippen MR) is 126 cm³/mol. The van der Waals surface area contributed by atoms with E-state index in [1.807, 2.05) is 40.2 Å². The Morgan fingerprint density at radius 2 is 2.00 bits per heavy atom. The van der Waals surface area contributed by atoms with Gasteiger partial charge in [-0.2, -0.15) is 5.10 Å². The number of carbonyl (C=O) groups is 1. The third-order valence-electron chi connectivity index (χ3n) is 4.98. The van der Waals surface area contributed by atoms with Gasteiger partial charge in [0.25, 0.3) is 0 Å². The normalized spacial score (nSPS) is 11.2. The second-order valence-corrected chi connectivity index (χ2v) is 9.15. The summed E-state index contributed by atoms with van der Waals surface area (Å²) in [6.07, 6.45) is 6.06. The molecule has 5 nitrogen and oxygen atoms in total. The summed E-state index contributed by atoms with van der Waals surface area (Å²) in [5.41, 5.74) is 4.33. The van der Waals surface area contributed by atoms with Crippen LogP contribution in [0.25, 0.3) is 10.2 Å². The van der Waals surface area contributed by atoms with Gasteiger partial charge in [0, 0.05) is 23.8 Å². The summed E-state index contributed by atoms with van der Waals surface area (Å²) < 4.78 is 2.96. The molecule has 30 heavy (non-hydrogen) atoms. The van der Waals surface area contributed by atoms with Crippen molar-refractivity contribution in [3.05, 3.63) is 71.5 Å². The number of thiazole rings is 1. The Morgan fingerprint density at radius 3 is 2.70 bits per heavy atom. The third kappa shape index (κ3) is 4.57. The zero-order valence-corrected chi connectivity index (χ0v) is 19.0. The molecule has 4 rings (SSSR count). The number of fused-ring (bicyclic) bond motifs is 1. The summed E-state index contributed by atoms with van der Waals surface area (Å²) >= 11 is 3.27. The van der Waals surface area contributed by atoms with Crippen molar-refractivity contribution >= 4 is 44.4 Å². The van der Waals surface area contributed by atoms with E-state index in [1.54, 1.807) is 29.3 Å². The topological polar surface area (TPSA) is 51.0 Å². The van der Waals surface area contributed by atoms with Crippen LogP contribution in [0.3, 0.4) is 0 Å². The fourth-order valence-electron chi connectivity index (χ4n) is 3.45. The van der Waals surface area contributed by atoms with Gasteiger partial charge in [-0.3, -0.25) is 14.4 Å². The monoisotopic (exact) mass is 436 g/mol. The minimum atomic E-state index is 0.0486. The van der Waals surface area contributed by atoms with Crippen LogP contribution in [0.1, 0.15) is 16.7 Å². The molecule has 2 heterocycles. The van der Waals surface area contributed by atoms with Crippen LogP contribution in [0.4, 0.5) is 5.13 Å². The summed E-state index contributed by atoms with van der Waals surface area (Å²) in [6, 6.07) is 14.3. The van der Waals surface area contributed by atoms with Gasteiger partial charge in [-0.25, -0.2) is 4.98 Å². The molecular formula is C23H24N4OS2. The number of rotatable bonds is 7. The molecule has 0 aliphatic carbocycles. The maximum Gasteiger partial charge on any atom is 0.233 e. The second-order valence-electron chi connectivity index (χ2n) is 7.26. The number of amides is 1. The van der Waals surface area contributed by atoms with Gasteiger partial charge in [0.05, 0.1) is 23.2 Å². The van der Waals surface area contributed by atoms with Gasteiger partial charge in [0.1, 0.15) is 0 Å². The molecule has 0 unspecified atom stereocenters. The Labute approximate surface area is 184 Å². The summed E-state index contributed by atoms with van der Waals surface area (Å²) in [6.45, 7) is 5.31. The van der Waals surface area contributed by atoms with Crippen molar-refractivity contribution in [1.29, 1.82) is 0 Å². The molecule has 4 aromatic rings. The number of aryl methyl sites for hydroxylation is 2. The standard InChI is InChI=1S/C23H24N4OS2/c1-16-13-17(2)22-20(14-16)30-23(25-22)27(12-11-26-10-4-9-24-26)21(28)15-18-5-7-19(29-3)8-6-18/h4-10,13-14H,11-12,15H2,1-3H3. The van der Waals surface area contributed by atoms with Crippen LogP contribution in [-0.4, -0.2) is 33.5 Å². The molecule has 0 saturated heterocycles. The number of hydrogen-bond donors (Lipinski definition) is 0. The van der Waals surface area contributed by atoms with Crippen molar-refractivity contribution in [2.24, 2.45) is 0 Å². The Bertz CT molecular complexity index is 1150. The van der Waals surface area contributed by atoms with E-state index in [9.17, 15) is 4.79 Å². The Morgan fingerprint density at radius 1 is 1.20 bits per heavy atom. The lowest BCUT2D eigenvalue weighted by atomic mass is 10.1. The molecule has 0 aliphatic heterocycles. The molecule has 0 aliphatic rings. The highest BCUT2D eigenvalue weighted by molar-refractivity contribution is 7.98. The molecule has 0 radical (unpaired) electrons. The van der Waals surface area contributed by atoms with Gasteiger partial charge in [0.15, 0.2) is 5.13 Å². The number of benzene rings is 2. The van der Waals surface area contributed by atoms with Crippen molar-refractivity contribution in [3.63, 3.8) is 0 Å². The molecule has 0 N–H and O–H groups in total. The summed E-state index contributed by atoms with van der Waals surface area (Å²) in [7, 11) is 0. The third-order valence-corrected chi connectivity index (χ3v) is 6.75. The largest absolute Gasteiger partial charge is 0.286 e. The quantitative estimate of drug-likeness (QED) is 0.378. The molecular weight excluding hydrogens is 412 g/mol. The van der Waals surface area contributed by atoms with Crippen LogP contribution in [0, 0.1) is 13.8 Å². The predicted octanol–water partition coefficient (Wildman–Crippen LogP) is 5.11. The minimum absolute atomic E-state index is 0.0486. The average Bonchev–Trinajstić information content (AvgIpc) is 3.39. The molecule has 1 amide bonds. The fourth-order valence-corrected chi connectivity index (χ4v) is 5.04. The first-order chi connectivity index (χ1) is 14.5. The number of carbonyl (C=O) groups excluding carboxylic acids is 1. The van der Waals surface area contributed by atoms with Crippen LogP contribution < -0.4 is 4.90 Å². The van der Waals surface area contributed by atoms with Crippen LogP contribution in [0.5, 0.6) is 0 Å². The summed E-state index contributed by atoms with van der Waals surface area (Å²) in [4.78, 5) is 21.2. The van der Waals surface area contributed by atoms with Crippen molar-refractivity contribution in [2.45, 2.75) is 31.7 Å². The number of thioether (sulfide) groups is 1. The Balaban J connectivity index is 1.62. The van der Waals surface area contributed by atoms with E-state index in [0.717, 1.165) is 26.5 Å². The fraction of sp³-hybridized carbons (Fsp3) is 0.261. The zero-order chi connectivity index (χ0) is 21.1. The second kappa shape index (κ2) is 9.02. The Kier molecular flexibility index (Phi) is 6.20. The van der Waals surface area contributed by atoms with Gasteiger partial charge < -0.3 is 0 Å². The summed E-state index contributed by atoms with van der Waals surface area (Å²) in [5, 5.41) is 5.02. The first-order valence-corrected chi connectivity index (χ1v) is 11.9. The van der Waals surface area contributed by atoms with Gasteiger partial charge in [-0.1, -0.05) is 29.5 Å². The van der Waals surface area contributed by atoms with Gasteiger partial charge in [0.2, 0.25) is 5.91 Å². The smallest absolute Gasteiger partial charge is 0.233 e. The number of nitrogens with zero attached hydrogens (tertiary/aromatic N) is 4. The van der Waals surface area contributed by atoms with E-state index in [1.165, 1.54) is 10.5 Å². The van der Waals surface area contributed by atoms with E-state index < -0.39 is 0 Å². The van der Waals surface area contributed by atoms with Crippen LogP contribution >= 0.6 is 23.1 Å². The van der Waals surface area contributed by atoms with Crippen molar-refractivity contribution in [1.82, 2.24) is 14.8 Å². The molecule has 7 heteroatoms. The van der Waals surface area contributed by atoms with E-state index in [2.05, 4.69) is 43.2 Å². The van der Waals surface area contributed by atoms with Crippen molar-refractivity contribution < 1.29 is 4.79 Å². The Hall–Kier alpha value is -2.64. The van der Waals surface area contributed by atoms with Gasteiger partial charge >= 0.3 is 0 Å². The highest BCUT2D eigenvalue weighted by Gasteiger charge is 2.21. The lowest BCUT2D eigenvalue weighted by molar-refractivity contribution is -0.118. The molecule has 0 bridgehead atoms. The van der Waals surface area contributed by atoms with Gasteiger partial charge in [-0.15, -0.1) is 11.8 Å². The van der Waals surface area contributed by atoms with Gasteiger partial charge in [-0.05, 0) is 61.1 Å². The maximum absolute atomic E-state index is 13.3. The first kappa shape index (κ1) is 20.6. The minimum Gasteiger partial charge on any atom is -0.286 e. The molecule has 2 aromatic heterocycles. The van der Waals surface area contributed by atoms with Crippen LogP contribution in [0.2, 0.25) is 0 Å². The molecule has 0 saturated carbocycles. The summed E-state index contributed by atoms with van der Waals surface area (Å²) in [5.74, 6) is 0.0486.